The van der Waals surface area contributed by atoms with Crippen molar-refractivity contribution < 1.29 is 26.7 Å². The molecule has 0 saturated heterocycles. The van der Waals surface area contributed by atoms with Crippen LogP contribution in [0.25, 0.3) is 0 Å². The van der Waals surface area contributed by atoms with Gasteiger partial charge in [0, 0.05) is 12.0 Å². The molecule has 5 nitrogen and oxygen atoms in total. The number of carbonyl (C=O) groups excluding carboxylic acids is 1. The molecule has 0 aromatic heterocycles. The Labute approximate surface area is 168 Å². The van der Waals surface area contributed by atoms with Gasteiger partial charge in [0.25, 0.3) is 0 Å². The van der Waals surface area contributed by atoms with Crippen LogP contribution in [-0.4, -0.2) is 26.2 Å². The van der Waals surface area contributed by atoms with Gasteiger partial charge in [-0.05, 0) is 37.5 Å². The van der Waals surface area contributed by atoms with Gasteiger partial charge < -0.3 is 4.74 Å². The first kappa shape index (κ1) is 21.0. The van der Waals surface area contributed by atoms with Gasteiger partial charge >= 0.3 is 5.97 Å². The smallest absolute Gasteiger partial charge is 0.335 e. The molecule has 2 atom stereocenters. The highest BCUT2D eigenvalue weighted by Gasteiger charge is 2.38. The molecular formula is C21H21F2NO4S. The van der Waals surface area contributed by atoms with Crippen molar-refractivity contribution in [2.75, 3.05) is 11.3 Å². The van der Waals surface area contributed by atoms with Crippen LogP contribution >= 0.6 is 0 Å². The van der Waals surface area contributed by atoms with E-state index in [4.69, 9.17) is 4.74 Å². The number of hydrogen-bond donors (Lipinski definition) is 1. The fourth-order valence-corrected chi connectivity index (χ4v) is 4.96. The molecule has 0 fully saturated rings. The Hall–Kier alpha value is -2.74. The molecule has 2 aromatic carbocycles. The lowest BCUT2D eigenvalue weighted by Crippen LogP contribution is -2.36. The Kier molecular flexibility index (Phi) is 6.32. The van der Waals surface area contributed by atoms with Gasteiger partial charge in [-0.1, -0.05) is 36.4 Å². The van der Waals surface area contributed by atoms with Gasteiger partial charge in [-0.3, -0.25) is 4.72 Å². The summed E-state index contributed by atoms with van der Waals surface area (Å²) in [5.74, 6) is -2.71. The lowest BCUT2D eigenvalue weighted by Gasteiger charge is -2.28. The molecule has 154 valence electrons. The third-order valence-corrected chi connectivity index (χ3v) is 6.51. The van der Waals surface area contributed by atoms with Crippen molar-refractivity contribution in [3.05, 3.63) is 77.4 Å². The predicted molar refractivity (Wildman–Crippen MR) is 106 cm³/mol. The molecule has 3 rings (SSSR count). The largest absolute Gasteiger partial charge is 0.463 e. The van der Waals surface area contributed by atoms with Gasteiger partial charge in [-0.2, -0.15) is 0 Å². The van der Waals surface area contributed by atoms with E-state index in [0.717, 1.165) is 17.7 Å². The molecule has 2 unspecified atom stereocenters. The monoisotopic (exact) mass is 421 g/mol. The number of sulfonamides is 1. The maximum absolute atomic E-state index is 13.9. The Balaban J connectivity index is 1.94. The standard InChI is InChI=1S/C21H21F2NO4S/c1-2-28-21(25)17-12-15(14-6-4-3-5-7-14)8-11-20(17)29(26,27)24-19-10-9-16(22)13-18(19)23/h3-7,9-10,12-13,15,20,24H,2,8,11H2,1H3. The number of carbonyl (C=O) groups is 1. The van der Waals surface area contributed by atoms with Crippen LogP contribution in [0.3, 0.4) is 0 Å². The first-order valence-corrected chi connectivity index (χ1v) is 10.8. The van der Waals surface area contributed by atoms with Crippen LogP contribution in [0, 0.1) is 11.6 Å². The second kappa shape index (κ2) is 8.73. The lowest BCUT2D eigenvalue weighted by atomic mass is 9.85. The normalized spacial score (nSPS) is 19.3. The molecule has 8 heteroatoms. The molecule has 0 amide bonds. The zero-order valence-corrected chi connectivity index (χ0v) is 16.6. The molecule has 29 heavy (non-hydrogen) atoms. The van der Waals surface area contributed by atoms with E-state index in [1.54, 1.807) is 13.0 Å². The zero-order chi connectivity index (χ0) is 21.0. The van der Waals surface area contributed by atoms with Gasteiger partial charge in [0.05, 0.1) is 17.9 Å². The highest BCUT2D eigenvalue weighted by Crippen LogP contribution is 2.35. The summed E-state index contributed by atoms with van der Waals surface area (Å²) in [4.78, 5) is 12.5. The van der Waals surface area contributed by atoms with E-state index in [9.17, 15) is 22.0 Å². The highest BCUT2D eigenvalue weighted by atomic mass is 32.2. The van der Waals surface area contributed by atoms with E-state index < -0.39 is 32.9 Å². The molecule has 1 N–H and O–H groups in total. The quantitative estimate of drug-likeness (QED) is 0.712. The molecule has 0 aliphatic heterocycles. The summed E-state index contributed by atoms with van der Waals surface area (Å²) in [6.07, 6.45) is 2.26. The molecule has 0 bridgehead atoms. The average molecular weight is 421 g/mol. The highest BCUT2D eigenvalue weighted by molar-refractivity contribution is 7.93. The molecule has 1 aliphatic carbocycles. The number of hydrogen-bond acceptors (Lipinski definition) is 4. The summed E-state index contributed by atoms with van der Waals surface area (Å²) < 4.78 is 60.1. The number of benzene rings is 2. The van der Waals surface area contributed by atoms with Crippen molar-refractivity contribution in [3.8, 4) is 0 Å². The molecule has 0 saturated carbocycles. The van der Waals surface area contributed by atoms with Crippen LogP contribution in [0.4, 0.5) is 14.5 Å². The van der Waals surface area contributed by atoms with Crippen LogP contribution in [-0.2, 0) is 19.6 Å². The van der Waals surface area contributed by atoms with Crippen molar-refractivity contribution in [2.24, 2.45) is 0 Å². The van der Waals surface area contributed by atoms with Crippen molar-refractivity contribution in [1.82, 2.24) is 0 Å². The summed E-state index contributed by atoms with van der Waals surface area (Å²) in [6.45, 7) is 1.73. The average Bonchev–Trinajstić information content (AvgIpc) is 2.70. The van der Waals surface area contributed by atoms with Gasteiger partial charge in [-0.25, -0.2) is 22.0 Å². The molecule has 0 spiro atoms. The van der Waals surface area contributed by atoms with E-state index in [-0.39, 0.29) is 30.2 Å². The predicted octanol–water partition coefficient (Wildman–Crippen LogP) is 4.14. The topological polar surface area (TPSA) is 72.5 Å². The van der Waals surface area contributed by atoms with Crippen molar-refractivity contribution in [2.45, 2.75) is 30.9 Å². The van der Waals surface area contributed by atoms with Crippen molar-refractivity contribution in [1.29, 1.82) is 0 Å². The second-order valence-corrected chi connectivity index (χ2v) is 8.56. The summed E-state index contributed by atoms with van der Waals surface area (Å²) >= 11 is 0. The number of rotatable bonds is 6. The molecule has 1 aliphatic rings. The fraction of sp³-hybridized carbons (Fsp3) is 0.286. The number of ether oxygens (including phenoxy) is 1. The van der Waals surface area contributed by atoms with Crippen molar-refractivity contribution in [3.63, 3.8) is 0 Å². The number of esters is 1. The van der Waals surface area contributed by atoms with Gasteiger partial charge in [0.15, 0.2) is 0 Å². The Morgan fingerprint density at radius 3 is 2.52 bits per heavy atom. The van der Waals surface area contributed by atoms with Gasteiger partial charge in [-0.15, -0.1) is 0 Å². The number of anilines is 1. The Morgan fingerprint density at radius 1 is 1.14 bits per heavy atom. The summed E-state index contributed by atoms with van der Waals surface area (Å²) in [5, 5.41) is -1.20. The summed E-state index contributed by atoms with van der Waals surface area (Å²) in [5.41, 5.74) is 0.601. The minimum absolute atomic E-state index is 0.0157. The maximum atomic E-state index is 13.9. The third-order valence-electron chi connectivity index (χ3n) is 4.76. The minimum Gasteiger partial charge on any atom is -0.463 e. The van der Waals surface area contributed by atoms with E-state index in [2.05, 4.69) is 4.72 Å². The van der Waals surface area contributed by atoms with Gasteiger partial charge in [0.2, 0.25) is 10.0 Å². The van der Waals surface area contributed by atoms with Crippen LogP contribution in [0.1, 0.15) is 31.2 Å². The SMILES string of the molecule is CCOC(=O)C1=CC(c2ccccc2)CCC1S(=O)(=O)Nc1ccc(F)cc1F. The fourth-order valence-electron chi connectivity index (χ4n) is 3.39. The lowest BCUT2D eigenvalue weighted by molar-refractivity contribution is -0.138. The van der Waals surface area contributed by atoms with Crippen LogP contribution in [0.5, 0.6) is 0 Å². The van der Waals surface area contributed by atoms with E-state index in [0.29, 0.717) is 12.5 Å². The Bertz CT molecular complexity index is 1020. The first-order chi connectivity index (χ1) is 13.8. The molecule has 2 aromatic rings. The van der Waals surface area contributed by atoms with E-state index >= 15 is 0 Å². The third kappa shape index (κ3) is 4.82. The molecule has 0 radical (unpaired) electrons. The van der Waals surface area contributed by atoms with E-state index in [1.165, 1.54) is 0 Å². The maximum Gasteiger partial charge on any atom is 0.335 e. The second-order valence-electron chi connectivity index (χ2n) is 6.70. The number of allylic oxidation sites excluding steroid dienone is 1. The Morgan fingerprint density at radius 2 is 1.86 bits per heavy atom. The summed E-state index contributed by atoms with van der Waals surface area (Å²) in [6, 6.07) is 12.0. The van der Waals surface area contributed by atoms with Crippen LogP contribution < -0.4 is 4.72 Å². The minimum atomic E-state index is -4.17. The van der Waals surface area contributed by atoms with E-state index in [1.807, 2.05) is 30.3 Å². The zero-order valence-electron chi connectivity index (χ0n) is 15.8. The molecule has 0 heterocycles. The van der Waals surface area contributed by atoms with Crippen molar-refractivity contribution >= 4 is 21.7 Å². The van der Waals surface area contributed by atoms with Crippen LogP contribution in [0.2, 0.25) is 0 Å². The number of halogens is 2. The molecular weight excluding hydrogens is 400 g/mol. The summed E-state index contributed by atoms with van der Waals surface area (Å²) in [7, 11) is -4.17. The number of nitrogens with one attached hydrogen (secondary N) is 1. The van der Waals surface area contributed by atoms with Crippen LogP contribution in [0.15, 0.2) is 60.2 Å². The first-order valence-electron chi connectivity index (χ1n) is 9.22. The van der Waals surface area contributed by atoms with Gasteiger partial charge in [0.1, 0.15) is 16.9 Å².